The second kappa shape index (κ2) is 9.77. The quantitative estimate of drug-likeness (QED) is 0.536. The molecule has 2 fully saturated rings. The molecule has 1 atom stereocenters. The summed E-state index contributed by atoms with van der Waals surface area (Å²) in [5, 5.41) is 2.98. The van der Waals surface area contributed by atoms with Crippen LogP contribution in [0.5, 0.6) is 0 Å². The number of halogens is 4. The molecule has 1 saturated heterocycles. The number of anilines is 1. The maximum absolute atomic E-state index is 13.9. The largest absolute Gasteiger partial charge is 0.324 e. The maximum Gasteiger partial charge on any atom is 0.242 e. The minimum absolute atomic E-state index is 0.0270. The highest BCUT2D eigenvalue weighted by atomic mass is 35.5. The molecule has 0 radical (unpaired) electrons. The Balaban J connectivity index is 1.54. The fourth-order valence-electron chi connectivity index (χ4n) is 3.82. The van der Waals surface area contributed by atoms with E-state index in [9.17, 15) is 18.4 Å². The molecule has 5 nitrogen and oxygen atoms in total. The summed E-state index contributed by atoms with van der Waals surface area (Å²) >= 11 is 13.3. The van der Waals surface area contributed by atoms with E-state index < -0.39 is 22.8 Å². The number of rotatable bonds is 5. The van der Waals surface area contributed by atoms with Gasteiger partial charge in [-0.2, -0.15) is 0 Å². The lowest BCUT2D eigenvalue weighted by molar-refractivity contribution is -0.129. The molecule has 0 spiro atoms. The average Bonchev–Trinajstić information content (AvgIpc) is 3.35. The van der Waals surface area contributed by atoms with Crippen molar-refractivity contribution < 1.29 is 18.4 Å². The van der Waals surface area contributed by atoms with E-state index in [1.54, 1.807) is 23.1 Å². The molecule has 1 unspecified atom stereocenters. The first kappa shape index (κ1) is 23.0. The van der Waals surface area contributed by atoms with Crippen LogP contribution in [-0.2, 0) is 9.59 Å². The molecule has 2 aliphatic rings. The third kappa shape index (κ3) is 5.08. The van der Waals surface area contributed by atoms with Gasteiger partial charge in [0.15, 0.2) is 5.17 Å². The van der Waals surface area contributed by atoms with Gasteiger partial charge in [-0.3, -0.25) is 14.5 Å². The first-order valence-corrected chi connectivity index (χ1v) is 11.7. The molecule has 4 rings (SSSR count). The number of carbonyl (C=O) groups excluding carboxylic acids is 2. The molecular formula is C22H19Cl2F2N3O2S. The van der Waals surface area contributed by atoms with Gasteiger partial charge in [0.2, 0.25) is 11.8 Å². The third-order valence-corrected chi connectivity index (χ3v) is 7.25. The summed E-state index contributed by atoms with van der Waals surface area (Å²) < 4.78 is 26.9. The van der Waals surface area contributed by atoms with Crippen molar-refractivity contribution in [2.45, 2.75) is 43.4 Å². The molecule has 1 saturated carbocycles. The summed E-state index contributed by atoms with van der Waals surface area (Å²) in [7, 11) is 0. The lowest BCUT2D eigenvalue weighted by Crippen LogP contribution is -2.40. The topological polar surface area (TPSA) is 61.8 Å². The van der Waals surface area contributed by atoms with Crippen LogP contribution in [0.2, 0.25) is 10.0 Å². The Morgan fingerprint density at radius 2 is 1.88 bits per heavy atom. The predicted octanol–water partition coefficient (Wildman–Crippen LogP) is 6.17. The second-order valence-corrected chi connectivity index (χ2v) is 9.61. The van der Waals surface area contributed by atoms with Crippen LogP contribution >= 0.6 is 35.0 Å². The van der Waals surface area contributed by atoms with Gasteiger partial charge in [0.25, 0.3) is 0 Å². The average molecular weight is 498 g/mol. The van der Waals surface area contributed by atoms with E-state index in [1.165, 1.54) is 11.8 Å². The first-order valence-electron chi connectivity index (χ1n) is 10.1. The third-order valence-electron chi connectivity index (χ3n) is 5.36. The van der Waals surface area contributed by atoms with Crippen molar-refractivity contribution in [2.75, 3.05) is 5.32 Å². The highest BCUT2D eigenvalue weighted by molar-refractivity contribution is 8.15. The fraction of sp³-hybridized carbons (Fsp3) is 0.318. The number of carbonyl (C=O) groups is 2. The summed E-state index contributed by atoms with van der Waals surface area (Å²) in [6, 6.07) is 7.87. The summed E-state index contributed by atoms with van der Waals surface area (Å²) in [4.78, 5) is 32.0. The number of amidine groups is 1. The zero-order valence-electron chi connectivity index (χ0n) is 16.8. The Bertz CT molecular complexity index is 1090. The number of benzene rings is 2. The van der Waals surface area contributed by atoms with E-state index >= 15 is 0 Å². The Morgan fingerprint density at radius 3 is 2.56 bits per heavy atom. The summed E-state index contributed by atoms with van der Waals surface area (Å²) in [5.74, 6) is -2.35. The molecule has 10 heteroatoms. The minimum atomic E-state index is -0.877. The molecule has 1 N–H and O–H groups in total. The van der Waals surface area contributed by atoms with Crippen molar-refractivity contribution in [3.8, 4) is 0 Å². The van der Waals surface area contributed by atoms with Gasteiger partial charge < -0.3 is 5.32 Å². The second-order valence-electron chi connectivity index (χ2n) is 7.62. The normalized spacial score (nSPS) is 20.4. The van der Waals surface area contributed by atoms with Crippen molar-refractivity contribution >= 4 is 63.3 Å². The standard InChI is InChI=1S/C22H19Cl2F2N3O2S/c23-15-7-6-13(10-16(15)24)27-22-29(14-3-1-2-4-14)21(31)19(32-22)11-20(30)28-18-8-5-12(25)9-17(18)26/h5-10,14,19H,1-4,11H2,(H,28,30). The molecule has 0 aromatic heterocycles. The van der Waals surface area contributed by atoms with Crippen LogP contribution in [-0.4, -0.2) is 33.2 Å². The fourth-order valence-corrected chi connectivity index (χ4v) is 5.32. The Morgan fingerprint density at radius 1 is 1.12 bits per heavy atom. The van der Waals surface area contributed by atoms with Crippen molar-refractivity contribution in [1.29, 1.82) is 0 Å². The van der Waals surface area contributed by atoms with E-state index in [0.29, 0.717) is 27.0 Å². The van der Waals surface area contributed by atoms with E-state index in [4.69, 9.17) is 23.2 Å². The summed E-state index contributed by atoms with van der Waals surface area (Å²) in [6.07, 6.45) is 3.62. The zero-order chi connectivity index (χ0) is 22.8. The molecule has 1 aliphatic heterocycles. The Hall–Kier alpha value is -2.16. The summed E-state index contributed by atoms with van der Waals surface area (Å²) in [5.41, 5.74) is 0.417. The van der Waals surface area contributed by atoms with Crippen LogP contribution < -0.4 is 5.32 Å². The molecular weight excluding hydrogens is 479 g/mol. The lowest BCUT2D eigenvalue weighted by atomic mass is 10.2. The van der Waals surface area contributed by atoms with Crippen molar-refractivity contribution in [3.63, 3.8) is 0 Å². The Kier molecular flexibility index (Phi) is 7.02. The smallest absolute Gasteiger partial charge is 0.242 e. The van der Waals surface area contributed by atoms with Crippen molar-refractivity contribution in [3.05, 3.63) is 58.1 Å². The highest BCUT2D eigenvalue weighted by Crippen LogP contribution is 2.38. The predicted molar refractivity (Wildman–Crippen MR) is 124 cm³/mol. The number of aliphatic imine (C=N–C) groups is 1. The van der Waals surface area contributed by atoms with Crippen molar-refractivity contribution in [2.24, 2.45) is 4.99 Å². The van der Waals surface area contributed by atoms with Gasteiger partial charge in [0.1, 0.15) is 16.9 Å². The first-order chi connectivity index (χ1) is 15.3. The number of nitrogens with zero attached hydrogens (tertiary/aromatic N) is 2. The van der Waals surface area contributed by atoms with Crippen LogP contribution in [0, 0.1) is 11.6 Å². The van der Waals surface area contributed by atoms with Crippen LogP contribution in [0.4, 0.5) is 20.2 Å². The molecule has 1 aliphatic carbocycles. The van der Waals surface area contributed by atoms with Crippen LogP contribution in [0.25, 0.3) is 0 Å². The van der Waals surface area contributed by atoms with Crippen LogP contribution in [0.15, 0.2) is 41.4 Å². The molecule has 2 amide bonds. The molecule has 1 heterocycles. The van der Waals surface area contributed by atoms with Gasteiger partial charge >= 0.3 is 0 Å². The SMILES string of the molecule is O=C(CC1SC(=Nc2ccc(Cl)c(Cl)c2)N(C2CCCC2)C1=O)Nc1ccc(F)cc1F. The van der Waals surface area contributed by atoms with Gasteiger partial charge in [-0.05, 0) is 43.2 Å². The Labute approximate surface area is 198 Å². The van der Waals surface area contributed by atoms with Crippen molar-refractivity contribution in [1.82, 2.24) is 4.90 Å². The molecule has 2 aromatic carbocycles. The maximum atomic E-state index is 13.9. The molecule has 2 aromatic rings. The van der Waals surface area contributed by atoms with E-state index in [-0.39, 0.29) is 24.1 Å². The monoisotopic (exact) mass is 497 g/mol. The van der Waals surface area contributed by atoms with Gasteiger partial charge in [0.05, 0.1) is 21.4 Å². The molecule has 32 heavy (non-hydrogen) atoms. The van der Waals surface area contributed by atoms with Gasteiger partial charge in [-0.1, -0.05) is 47.8 Å². The number of thioether (sulfide) groups is 1. The summed E-state index contributed by atoms with van der Waals surface area (Å²) in [6.45, 7) is 0. The van der Waals surface area contributed by atoms with E-state index in [2.05, 4.69) is 10.3 Å². The molecule has 0 bridgehead atoms. The van der Waals surface area contributed by atoms with Gasteiger partial charge in [-0.25, -0.2) is 13.8 Å². The van der Waals surface area contributed by atoms with E-state index in [1.807, 2.05) is 0 Å². The number of amides is 2. The van der Waals surface area contributed by atoms with Crippen LogP contribution in [0.3, 0.4) is 0 Å². The highest BCUT2D eigenvalue weighted by Gasteiger charge is 2.43. The lowest BCUT2D eigenvalue weighted by Gasteiger charge is -2.23. The minimum Gasteiger partial charge on any atom is -0.324 e. The van der Waals surface area contributed by atoms with Gasteiger partial charge in [0, 0.05) is 18.5 Å². The number of nitrogens with one attached hydrogen (secondary N) is 1. The zero-order valence-corrected chi connectivity index (χ0v) is 19.1. The van der Waals surface area contributed by atoms with Crippen LogP contribution in [0.1, 0.15) is 32.1 Å². The number of hydrogen-bond acceptors (Lipinski definition) is 4. The van der Waals surface area contributed by atoms with E-state index in [0.717, 1.165) is 37.8 Å². The molecule has 168 valence electrons. The van der Waals surface area contributed by atoms with Gasteiger partial charge in [-0.15, -0.1) is 0 Å². The number of hydrogen-bond donors (Lipinski definition) is 1.